The van der Waals surface area contributed by atoms with Crippen LogP contribution in [0, 0.1) is 18.3 Å². The first-order valence-electron chi connectivity index (χ1n) is 5.73. The highest BCUT2D eigenvalue weighted by Gasteiger charge is 2.21. The molecule has 2 aromatic rings. The first-order chi connectivity index (χ1) is 9.13. The van der Waals surface area contributed by atoms with Crippen molar-refractivity contribution in [2.75, 3.05) is 0 Å². The highest BCUT2D eigenvalue weighted by Crippen LogP contribution is 2.23. The number of carbonyl (C=O) groups excluding carboxylic acids is 1. The summed E-state index contributed by atoms with van der Waals surface area (Å²) in [6.07, 6.45) is 3.13. The number of rotatable bonds is 3. The van der Waals surface area contributed by atoms with E-state index in [1.165, 1.54) is 0 Å². The summed E-state index contributed by atoms with van der Waals surface area (Å²) in [5, 5.41) is 9.74. The van der Waals surface area contributed by atoms with Crippen molar-refractivity contribution in [1.82, 2.24) is 4.98 Å². The Bertz CT molecular complexity index is 647. The van der Waals surface area contributed by atoms with E-state index < -0.39 is 5.92 Å². The molecule has 0 fully saturated rings. The molecule has 0 N–H and O–H groups in total. The van der Waals surface area contributed by atoms with Crippen LogP contribution in [-0.2, 0) is 0 Å². The Balaban J connectivity index is 2.37. The Kier molecular flexibility index (Phi) is 3.94. The van der Waals surface area contributed by atoms with Gasteiger partial charge in [0, 0.05) is 23.0 Å². The third-order valence-corrected chi connectivity index (χ3v) is 3.29. The van der Waals surface area contributed by atoms with Gasteiger partial charge in [0.15, 0.2) is 5.78 Å². The van der Waals surface area contributed by atoms with Gasteiger partial charge >= 0.3 is 0 Å². The van der Waals surface area contributed by atoms with Crippen molar-refractivity contribution in [3.63, 3.8) is 0 Å². The number of nitrogens with zero attached hydrogens (tertiary/aromatic N) is 2. The first-order valence-corrected chi connectivity index (χ1v) is 6.11. The van der Waals surface area contributed by atoms with Crippen molar-refractivity contribution in [3.05, 3.63) is 64.4 Å². The van der Waals surface area contributed by atoms with Crippen LogP contribution in [-0.4, -0.2) is 10.8 Å². The number of benzene rings is 1. The van der Waals surface area contributed by atoms with E-state index in [1.54, 1.807) is 42.7 Å². The molecule has 0 spiro atoms. The Hall–Kier alpha value is -2.18. The second-order valence-corrected chi connectivity index (χ2v) is 4.58. The van der Waals surface area contributed by atoms with Crippen LogP contribution in [0.25, 0.3) is 0 Å². The number of carbonyl (C=O) groups is 1. The molecule has 1 aromatic carbocycles. The molecule has 2 rings (SSSR count). The zero-order valence-electron chi connectivity index (χ0n) is 10.3. The quantitative estimate of drug-likeness (QED) is 0.802. The van der Waals surface area contributed by atoms with Crippen molar-refractivity contribution in [1.29, 1.82) is 5.26 Å². The average molecular weight is 271 g/mol. The highest BCUT2D eigenvalue weighted by atomic mass is 35.5. The molecule has 0 saturated heterocycles. The second-order valence-electron chi connectivity index (χ2n) is 4.17. The van der Waals surface area contributed by atoms with Gasteiger partial charge in [0.05, 0.1) is 6.07 Å². The molecule has 19 heavy (non-hydrogen) atoms. The number of aromatic nitrogens is 1. The van der Waals surface area contributed by atoms with Crippen molar-refractivity contribution < 1.29 is 4.79 Å². The molecule has 0 amide bonds. The minimum Gasteiger partial charge on any atom is -0.292 e. The average Bonchev–Trinajstić information content (AvgIpc) is 2.44. The lowest BCUT2D eigenvalue weighted by molar-refractivity contribution is 0.0979. The van der Waals surface area contributed by atoms with E-state index in [4.69, 9.17) is 11.6 Å². The number of hydrogen-bond donors (Lipinski definition) is 0. The van der Waals surface area contributed by atoms with Crippen molar-refractivity contribution in [3.8, 4) is 6.07 Å². The van der Waals surface area contributed by atoms with Gasteiger partial charge in [0.25, 0.3) is 0 Å². The summed E-state index contributed by atoms with van der Waals surface area (Å²) >= 11 is 6.01. The van der Waals surface area contributed by atoms with E-state index in [1.807, 2.05) is 13.0 Å². The summed E-state index contributed by atoms with van der Waals surface area (Å²) in [4.78, 5) is 16.2. The standard InChI is InChI=1S/C15H11ClN2O/c1-10-2-3-12(8-14(10)16)15(19)13(9-17)11-4-6-18-7-5-11/h2-8,13H,1H3. The van der Waals surface area contributed by atoms with Gasteiger partial charge in [-0.3, -0.25) is 9.78 Å². The molecule has 0 aliphatic heterocycles. The maximum atomic E-state index is 12.3. The molecule has 0 aliphatic carbocycles. The van der Waals surface area contributed by atoms with Crippen LogP contribution in [0.3, 0.4) is 0 Å². The summed E-state index contributed by atoms with van der Waals surface area (Å²) in [5.74, 6) is -1.09. The fourth-order valence-corrected chi connectivity index (χ4v) is 1.93. The van der Waals surface area contributed by atoms with Gasteiger partial charge < -0.3 is 0 Å². The molecule has 94 valence electrons. The van der Waals surface area contributed by atoms with Gasteiger partial charge in [-0.2, -0.15) is 5.26 Å². The maximum Gasteiger partial charge on any atom is 0.184 e. The number of ketones is 1. The lowest BCUT2D eigenvalue weighted by Gasteiger charge is -2.09. The minimum atomic E-state index is -0.832. The molecule has 1 atom stereocenters. The summed E-state index contributed by atoms with van der Waals surface area (Å²) in [6, 6.07) is 10.4. The second kappa shape index (κ2) is 5.64. The van der Waals surface area contributed by atoms with E-state index in [0.717, 1.165) is 5.56 Å². The topological polar surface area (TPSA) is 53.8 Å². The molecular formula is C15H11ClN2O. The predicted octanol–water partition coefficient (Wildman–Crippen LogP) is 3.53. The lowest BCUT2D eigenvalue weighted by atomic mass is 9.92. The predicted molar refractivity (Wildman–Crippen MR) is 73.1 cm³/mol. The summed E-state index contributed by atoms with van der Waals surface area (Å²) in [7, 11) is 0. The van der Waals surface area contributed by atoms with E-state index >= 15 is 0 Å². The number of Topliss-reactive ketones (excluding diaryl/α,β-unsaturated/α-hetero) is 1. The van der Waals surface area contributed by atoms with Crippen molar-refractivity contribution in [2.24, 2.45) is 0 Å². The minimum absolute atomic E-state index is 0.254. The van der Waals surface area contributed by atoms with E-state index in [-0.39, 0.29) is 5.78 Å². The largest absolute Gasteiger partial charge is 0.292 e. The molecule has 1 aromatic heterocycles. The van der Waals surface area contributed by atoms with Crippen LogP contribution in [0.4, 0.5) is 0 Å². The number of halogens is 1. The van der Waals surface area contributed by atoms with Crippen LogP contribution >= 0.6 is 11.6 Å². The molecule has 0 radical (unpaired) electrons. The van der Waals surface area contributed by atoms with Crippen LogP contribution < -0.4 is 0 Å². The molecule has 0 bridgehead atoms. The molecule has 0 aliphatic rings. The Morgan fingerprint density at radius 1 is 1.32 bits per heavy atom. The van der Waals surface area contributed by atoms with Crippen LogP contribution in [0.15, 0.2) is 42.7 Å². The Labute approximate surface area is 116 Å². The maximum absolute atomic E-state index is 12.3. The van der Waals surface area contributed by atoms with Crippen LogP contribution in [0.1, 0.15) is 27.4 Å². The lowest BCUT2D eigenvalue weighted by Crippen LogP contribution is -2.11. The van der Waals surface area contributed by atoms with Crippen LogP contribution in [0.2, 0.25) is 5.02 Å². The van der Waals surface area contributed by atoms with Gasteiger partial charge in [0.2, 0.25) is 0 Å². The summed E-state index contributed by atoms with van der Waals surface area (Å²) in [5.41, 5.74) is 1.98. The highest BCUT2D eigenvalue weighted by molar-refractivity contribution is 6.31. The van der Waals surface area contributed by atoms with Crippen molar-refractivity contribution >= 4 is 17.4 Å². The van der Waals surface area contributed by atoms with Gasteiger partial charge in [-0.15, -0.1) is 0 Å². The monoisotopic (exact) mass is 270 g/mol. The number of pyridine rings is 1. The zero-order chi connectivity index (χ0) is 13.8. The normalized spacial score (nSPS) is 11.6. The molecule has 0 saturated carbocycles. The van der Waals surface area contributed by atoms with Crippen LogP contribution in [0.5, 0.6) is 0 Å². The Morgan fingerprint density at radius 3 is 2.58 bits per heavy atom. The number of nitriles is 1. The van der Waals surface area contributed by atoms with Gasteiger partial charge in [-0.25, -0.2) is 0 Å². The number of hydrogen-bond acceptors (Lipinski definition) is 3. The molecule has 1 unspecified atom stereocenters. The Morgan fingerprint density at radius 2 is 2.00 bits per heavy atom. The first kappa shape index (κ1) is 13.3. The smallest absolute Gasteiger partial charge is 0.184 e. The van der Waals surface area contributed by atoms with E-state index in [0.29, 0.717) is 16.1 Å². The summed E-state index contributed by atoms with van der Waals surface area (Å²) in [6.45, 7) is 1.86. The number of aryl methyl sites for hydroxylation is 1. The van der Waals surface area contributed by atoms with Gasteiger partial charge in [0.1, 0.15) is 5.92 Å². The third kappa shape index (κ3) is 2.81. The fraction of sp³-hybridized carbons (Fsp3) is 0.133. The van der Waals surface area contributed by atoms with Crippen molar-refractivity contribution in [2.45, 2.75) is 12.8 Å². The SMILES string of the molecule is Cc1ccc(C(=O)C(C#N)c2ccncc2)cc1Cl. The molecule has 3 nitrogen and oxygen atoms in total. The molecular weight excluding hydrogens is 260 g/mol. The molecule has 1 heterocycles. The third-order valence-electron chi connectivity index (χ3n) is 2.89. The summed E-state index contributed by atoms with van der Waals surface area (Å²) < 4.78 is 0. The van der Waals surface area contributed by atoms with E-state index in [2.05, 4.69) is 4.98 Å². The van der Waals surface area contributed by atoms with Gasteiger partial charge in [-0.1, -0.05) is 23.7 Å². The molecule has 4 heteroatoms. The fourth-order valence-electron chi connectivity index (χ4n) is 1.75. The van der Waals surface area contributed by atoms with Gasteiger partial charge in [-0.05, 0) is 36.2 Å². The zero-order valence-corrected chi connectivity index (χ0v) is 11.1. The van der Waals surface area contributed by atoms with E-state index in [9.17, 15) is 10.1 Å².